The highest BCUT2D eigenvalue weighted by atomic mass is 28.3. The molecule has 0 aromatic heterocycles. The molecule has 0 saturated heterocycles. The summed E-state index contributed by atoms with van der Waals surface area (Å²) < 4.78 is 0. The van der Waals surface area contributed by atoms with Crippen LogP contribution < -0.4 is 5.19 Å². The first-order valence-electron chi connectivity index (χ1n) is 3.74. The van der Waals surface area contributed by atoms with Crippen molar-refractivity contribution < 1.29 is 0 Å². The van der Waals surface area contributed by atoms with Crippen LogP contribution in [0.25, 0.3) is 11.1 Å². The highest BCUT2D eigenvalue weighted by Gasteiger charge is 2.26. The number of hydrogen-bond donors (Lipinski definition) is 0. The van der Waals surface area contributed by atoms with Crippen molar-refractivity contribution in [2.45, 2.75) is 19.6 Å². The van der Waals surface area contributed by atoms with Crippen LogP contribution in [0.1, 0.15) is 0 Å². The Morgan fingerprint density at radius 2 is 1.80 bits per heavy atom. The van der Waals surface area contributed by atoms with Crippen molar-refractivity contribution >= 4 is 13.3 Å². The van der Waals surface area contributed by atoms with Crippen LogP contribution in [0.2, 0.25) is 19.6 Å². The van der Waals surface area contributed by atoms with Crippen LogP contribution in [-0.2, 0) is 0 Å². The molecule has 0 nitrogen and oxygen atoms in total. The SMILES string of the molecule is C[Si](C)(C)c1ccc2cc1-2. The molecule has 2 rings (SSSR count). The van der Waals surface area contributed by atoms with Crippen molar-refractivity contribution in [1.29, 1.82) is 0 Å². The van der Waals surface area contributed by atoms with Gasteiger partial charge in [0.1, 0.15) is 0 Å². The van der Waals surface area contributed by atoms with Gasteiger partial charge in [0.15, 0.2) is 0 Å². The van der Waals surface area contributed by atoms with Crippen molar-refractivity contribution in [2.24, 2.45) is 0 Å². The zero-order chi connectivity index (χ0) is 7.35. The van der Waals surface area contributed by atoms with Gasteiger partial charge in [0.25, 0.3) is 0 Å². The molecule has 0 aliphatic heterocycles. The Hall–Kier alpha value is -0.563. The summed E-state index contributed by atoms with van der Waals surface area (Å²) in [4.78, 5) is 0. The van der Waals surface area contributed by atoms with Crippen molar-refractivity contribution in [3.63, 3.8) is 0 Å². The molecule has 0 bridgehead atoms. The van der Waals surface area contributed by atoms with E-state index in [0.717, 1.165) is 0 Å². The van der Waals surface area contributed by atoms with E-state index in [1.165, 1.54) is 5.56 Å². The molecule has 0 fully saturated rings. The molecule has 2 aliphatic rings. The Kier molecular flexibility index (Phi) is 0.946. The van der Waals surface area contributed by atoms with E-state index in [0.29, 0.717) is 0 Å². The monoisotopic (exact) mass is 148 g/mol. The second-order valence-corrected chi connectivity index (χ2v) is 9.05. The third-order valence-corrected chi connectivity index (χ3v) is 4.11. The zero-order valence-electron chi connectivity index (χ0n) is 6.73. The lowest BCUT2D eigenvalue weighted by molar-refractivity contribution is 1.77. The molecule has 0 aromatic rings. The summed E-state index contributed by atoms with van der Waals surface area (Å²) in [5.41, 5.74) is 3.04. The molecule has 0 N–H and O–H groups in total. The smallest absolute Gasteiger partial charge is 0.0656 e. The highest BCUT2D eigenvalue weighted by Crippen LogP contribution is 2.33. The van der Waals surface area contributed by atoms with Gasteiger partial charge >= 0.3 is 0 Å². The Morgan fingerprint density at radius 1 is 1.10 bits per heavy atom. The molecule has 0 spiro atoms. The lowest BCUT2D eigenvalue weighted by atomic mass is 10.5. The fraction of sp³-hybridized carbons (Fsp3) is 0.333. The Labute approximate surface area is 62.9 Å². The maximum atomic E-state index is 2.40. The molecule has 10 heavy (non-hydrogen) atoms. The summed E-state index contributed by atoms with van der Waals surface area (Å²) in [6.07, 6.45) is 0. The van der Waals surface area contributed by atoms with Gasteiger partial charge in [0, 0.05) is 0 Å². The van der Waals surface area contributed by atoms with Crippen LogP contribution in [-0.4, -0.2) is 8.07 Å². The molecule has 52 valence electrons. The van der Waals surface area contributed by atoms with Crippen LogP contribution in [0.5, 0.6) is 0 Å². The summed E-state index contributed by atoms with van der Waals surface area (Å²) in [6, 6.07) is 6.83. The van der Waals surface area contributed by atoms with E-state index >= 15 is 0 Å². The second kappa shape index (κ2) is 1.53. The van der Waals surface area contributed by atoms with Crippen LogP contribution in [0.3, 0.4) is 0 Å². The van der Waals surface area contributed by atoms with E-state index in [-0.39, 0.29) is 0 Å². The number of benzene rings is 1. The van der Waals surface area contributed by atoms with Gasteiger partial charge in [-0.25, -0.2) is 0 Å². The van der Waals surface area contributed by atoms with Crippen LogP contribution in [0.15, 0.2) is 18.2 Å². The van der Waals surface area contributed by atoms with Gasteiger partial charge in [-0.1, -0.05) is 37.0 Å². The minimum Gasteiger partial charge on any atom is -0.0656 e. The van der Waals surface area contributed by atoms with E-state index in [9.17, 15) is 0 Å². The highest BCUT2D eigenvalue weighted by molar-refractivity contribution is 6.90. The predicted molar refractivity (Wildman–Crippen MR) is 48.4 cm³/mol. The first kappa shape index (κ1) is 6.17. The Bertz CT molecular complexity index is 281. The fourth-order valence-electron chi connectivity index (χ4n) is 1.41. The quantitative estimate of drug-likeness (QED) is 0.544. The second-order valence-electron chi connectivity index (χ2n) is 4.01. The van der Waals surface area contributed by atoms with Gasteiger partial charge in [-0.3, -0.25) is 0 Å². The largest absolute Gasteiger partial charge is 0.0784 e. The zero-order valence-corrected chi connectivity index (χ0v) is 7.73. The molecular formula is C9H12Si. The van der Waals surface area contributed by atoms with Crippen LogP contribution >= 0.6 is 0 Å². The fourth-order valence-corrected chi connectivity index (χ4v) is 3.02. The maximum absolute atomic E-state index is 2.40. The molecule has 0 heterocycles. The number of fused-ring (bicyclic) bond motifs is 1. The van der Waals surface area contributed by atoms with Crippen LogP contribution in [0, 0.1) is 0 Å². The molecule has 0 saturated carbocycles. The molecule has 0 amide bonds. The van der Waals surface area contributed by atoms with Crippen LogP contribution in [0.4, 0.5) is 0 Å². The van der Waals surface area contributed by atoms with Gasteiger partial charge in [-0.05, 0) is 17.2 Å². The normalized spacial score (nSPS) is 13.5. The van der Waals surface area contributed by atoms with Gasteiger partial charge in [-0.2, -0.15) is 0 Å². The molecular weight excluding hydrogens is 136 g/mol. The Balaban J connectivity index is 2.45. The first-order chi connectivity index (χ1) is 4.59. The van der Waals surface area contributed by atoms with Gasteiger partial charge in [0.2, 0.25) is 0 Å². The topological polar surface area (TPSA) is 0 Å². The van der Waals surface area contributed by atoms with Gasteiger partial charge < -0.3 is 0 Å². The number of rotatable bonds is 1. The molecule has 0 atom stereocenters. The summed E-state index contributed by atoms with van der Waals surface area (Å²) in [5.74, 6) is 0. The molecule has 0 radical (unpaired) electrons. The average molecular weight is 148 g/mol. The van der Waals surface area contributed by atoms with Crippen molar-refractivity contribution in [2.75, 3.05) is 0 Å². The lowest BCUT2D eigenvalue weighted by Crippen LogP contribution is -2.36. The van der Waals surface area contributed by atoms with E-state index in [2.05, 4.69) is 37.8 Å². The molecule has 1 heteroatoms. The molecule has 0 unspecified atom stereocenters. The lowest BCUT2D eigenvalue weighted by Gasteiger charge is -2.13. The third kappa shape index (κ3) is 0.738. The van der Waals surface area contributed by atoms with Gasteiger partial charge in [-0.15, -0.1) is 0 Å². The summed E-state index contributed by atoms with van der Waals surface area (Å²) in [5, 5.41) is 1.64. The third-order valence-electron chi connectivity index (χ3n) is 2.06. The summed E-state index contributed by atoms with van der Waals surface area (Å²) >= 11 is 0. The van der Waals surface area contributed by atoms with Crippen molar-refractivity contribution in [3.8, 4) is 11.1 Å². The minimum atomic E-state index is -1.00. The van der Waals surface area contributed by atoms with E-state index in [4.69, 9.17) is 0 Å². The van der Waals surface area contributed by atoms with E-state index in [1.54, 1.807) is 10.8 Å². The van der Waals surface area contributed by atoms with E-state index < -0.39 is 8.07 Å². The predicted octanol–water partition coefficient (Wildman–Crippen LogP) is 2.21. The maximum Gasteiger partial charge on any atom is 0.0784 e. The van der Waals surface area contributed by atoms with Crippen molar-refractivity contribution in [1.82, 2.24) is 0 Å². The van der Waals surface area contributed by atoms with Gasteiger partial charge in [0.05, 0.1) is 8.07 Å². The van der Waals surface area contributed by atoms with Crippen molar-refractivity contribution in [3.05, 3.63) is 18.2 Å². The molecule has 2 aliphatic carbocycles. The summed E-state index contributed by atoms with van der Waals surface area (Å²) in [7, 11) is -1.00. The molecule has 0 aromatic carbocycles. The number of hydrogen-bond acceptors (Lipinski definition) is 0. The summed E-state index contributed by atoms with van der Waals surface area (Å²) in [6.45, 7) is 7.19. The minimum absolute atomic E-state index is 1.00. The van der Waals surface area contributed by atoms with E-state index in [1.807, 2.05) is 0 Å². The standard InChI is InChI=1S/C9H12Si/c1-10(2,3)9-5-4-7-6-8(7)9/h4-6H,1-3H3. The first-order valence-corrected chi connectivity index (χ1v) is 7.24. The Morgan fingerprint density at radius 3 is 2.00 bits per heavy atom. The average Bonchev–Trinajstić information content (AvgIpc) is 2.40.